The lowest BCUT2D eigenvalue weighted by Gasteiger charge is -2.12. The third kappa shape index (κ3) is 2.04. The molecule has 84 valence electrons. The molecule has 0 saturated carbocycles. The van der Waals surface area contributed by atoms with E-state index in [1.165, 1.54) is 4.90 Å². The zero-order valence-electron chi connectivity index (χ0n) is 8.26. The molecule has 1 saturated heterocycles. The molecule has 1 atom stereocenters. The van der Waals surface area contributed by atoms with E-state index in [2.05, 4.69) is 25.9 Å². The number of carbonyl (C=O) groups excluding carboxylic acids is 2. The highest BCUT2D eigenvalue weighted by Gasteiger charge is 2.35. The number of nitrogens with two attached hydrogens (primary N) is 1. The van der Waals surface area contributed by atoms with Gasteiger partial charge < -0.3 is 5.73 Å². The molecule has 1 aliphatic rings. The highest BCUT2D eigenvalue weighted by molar-refractivity contribution is 9.10. The van der Waals surface area contributed by atoms with Crippen molar-refractivity contribution >= 4 is 33.7 Å². The largest absolute Gasteiger partial charge is 0.369 e. The minimum atomic E-state index is -0.465. The number of rotatable bonds is 2. The second-order valence-corrected chi connectivity index (χ2v) is 4.42. The van der Waals surface area contributed by atoms with E-state index in [-0.39, 0.29) is 18.9 Å². The van der Waals surface area contributed by atoms with Gasteiger partial charge >= 0.3 is 0 Å². The van der Waals surface area contributed by atoms with Crippen molar-refractivity contribution < 1.29 is 9.59 Å². The molecule has 1 unspecified atom stereocenters. The van der Waals surface area contributed by atoms with E-state index < -0.39 is 11.8 Å². The summed E-state index contributed by atoms with van der Waals surface area (Å²) < 4.78 is 0.731. The summed E-state index contributed by atoms with van der Waals surface area (Å²) in [4.78, 5) is 31.9. The fraction of sp³-hybridized carbons (Fsp3) is 0.333. The Kier molecular flexibility index (Phi) is 2.86. The molecule has 1 aromatic heterocycles. The van der Waals surface area contributed by atoms with E-state index in [0.717, 1.165) is 4.47 Å². The van der Waals surface area contributed by atoms with Gasteiger partial charge in [-0.05, 0) is 15.9 Å². The van der Waals surface area contributed by atoms with E-state index >= 15 is 0 Å². The van der Waals surface area contributed by atoms with Gasteiger partial charge in [-0.2, -0.15) is 0 Å². The van der Waals surface area contributed by atoms with Crippen molar-refractivity contribution in [2.24, 2.45) is 11.7 Å². The summed E-state index contributed by atoms with van der Waals surface area (Å²) in [6.45, 7) is 0.260. The molecule has 2 rings (SSSR count). The van der Waals surface area contributed by atoms with Gasteiger partial charge in [0, 0.05) is 25.4 Å². The minimum Gasteiger partial charge on any atom is -0.369 e. The Morgan fingerprint density at radius 3 is 2.62 bits per heavy atom. The van der Waals surface area contributed by atoms with Crippen molar-refractivity contribution in [1.82, 2.24) is 9.97 Å². The molecule has 2 heterocycles. The van der Waals surface area contributed by atoms with Crippen LogP contribution in [0.25, 0.3) is 0 Å². The highest BCUT2D eigenvalue weighted by Crippen LogP contribution is 2.22. The maximum absolute atomic E-state index is 11.6. The van der Waals surface area contributed by atoms with E-state index in [0.29, 0.717) is 5.95 Å². The molecule has 1 aromatic rings. The molecule has 0 bridgehead atoms. The van der Waals surface area contributed by atoms with E-state index in [1.54, 1.807) is 12.4 Å². The maximum Gasteiger partial charge on any atom is 0.232 e. The number of hydrogen-bond donors (Lipinski definition) is 1. The normalized spacial score (nSPS) is 20.2. The molecule has 2 amide bonds. The maximum atomic E-state index is 11.6. The van der Waals surface area contributed by atoms with Crippen LogP contribution >= 0.6 is 15.9 Å². The fourth-order valence-electron chi connectivity index (χ4n) is 1.54. The van der Waals surface area contributed by atoms with E-state index in [4.69, 9.17) is 5.73 Å². The van der Waals surface area contributed by atoms with Gasteiger partial charge in [-0.3, -0.25) is 14.5 Å². The van der Waals surface area contributed by atoms with Crippen molar-refractivity contribution in [3.05, 3.63) is 16.9 Å². The van der Waals surface area contributed by atoms with Crippen molar-refractivity contribution in [3.8, 4) is 0 Å². The van der Waals surface area contributed by atoms with Gasteiger partial charge in [0.05, 0.1) is 10.4 Å². The smallest absolute Gasteiger partial charge is 0.232 e. The zero-order chi connectivity index (χ0) is 11.7. The molecule has 2 N–H and O–H groups in total. The van der Waals surface area contributed by atoms with Gasteiger partial charge in [-0.1, -0.05) is 0 Å². The molecular weight excluding hydrogens is 276 g/mol. The number of carbonyl (C=O) groups is 2. The molecule has 0 aromatic carbocycles. The van der Waals surface area contributed by atoms with Gasteiger partial charge in [0.15, 0.2) is 0 Å². The van der Waals surface area contributed by atoms with Gasteiger partial charge in [0.2, 0.25) is 17.8 Å². The summed E-state index contributed by atoms with van der Waals surface area (Å²) >= 11 is 3.20. The first-order valence-corrected chi connectivity index (χ1v) is 5.44. The highest BCUT2D eigenvalue weighted by atomic mass is 79.9. The van der Waals surface area contributed by atoms with Crippen LogP contribution in [0.5, 0.6) is 0 Å². The van der Waals surface area contributed by atoms with Crippen LogP contribution in [0.4, 0.5) is 5.95 Å². The van der Waals surface area contributed by atoms with Crippen LogP contribution in [0.1, 0.15) is 6.42 Å². The van der Waals surface area contributed by atoms with Gasteiger partial charge in [-0.25, -0.2) is 9.97 Å². The summed E-state index contributed by atoms with van der Waals surface area (Å²) in [5.41, 5.74) is 5.16. The molecule has 1 aliphatic heterocycles. The number of halogens is 1. The third-order valence-electron chi connectivity index (χ3n) is 2.38. The van der Waals surface area contributed by atoms with Crippen LogP contribution in [-0.2, 0) is 9.59 Å². The second kappa shape index (κ2) is 4.17. The Hall–Kier alpha value is -1.50. The van der Waals surface area contributed by atoms with Gasteiger partial charge in [-0.15, -0.1) is 0 Å². The number of nitrogens with zero attached hydrogens (tertiary/aromatic N) is 3. The van der Waals surface area contributed by atoms with Crippen LogP contribution in [0.2, 0.25) is 0 Å². The Bertz CT molecular complexity index is 434. The summed E-state index contributed by atoms with van der Waals surface area (Å²) in [5, 5.41) is 0. The summed E-state index contributed by atoms with van der Waals surface area (Å²) in [6.07, 6.45) is 3.23. The van der Waals surface area contributed by atoms with Crippen LogP contribution in [0.3, 0.4) is 0 Å². The average molecular weight is 285 g/mol. The minimum absolute atomic E-state index is 0.134. The first kappa shape index (κ1) is 11.0. The first-order valence-electron chi connectivity index (χ1n) is 4.65. The predicted octanol–water partition coefficient (Wildman–Crippen LogP) is 0.0773. The molecule has 7 heteroatoms. The lowest BCUT2D eigenvalue weighted by molar-refractivity contribution is -0.123. The van der Waals surface area contributed by atoms with Crippen molar-refractivity contribution in [2.75, 3.05) is 11.4 Å². The molecular formula is C9H9BrN4O2. The fourth-order valence-corrected chi connectivity index (χ4v) is 1.74. The quantitative estimate of drug-likeness (QED) is 0.833. The van der Waals surface area contributed by atoms with Crippen molar-refractivity contribution in [3.63, 3.8) is 0 Å². The van der Waals surface area contributed by atoms with Crippen molar-refractivity contribution in [2.45, 2.75) is 6.42 Å². The van der Waals surface area contributed by atoms with E-state index in [1.807, 2.05) is 0 Å². The Morgan fingerprint density at radius 1 is 1.50 bits per heavy atom. The molecule has 16 heavy (non-hydrogen) atoms. The lowest BCUT2D eigenvalue weighted by atomic mass is 10.1. The van der Waals surface area contributed by atoms with Gasteiger partial charge in [0.1, 0.15) is 0 Å². The lowest BCUT2D eigenvalue weighted by Crippen LogP contribution is -2.29. The number of hydrogen-bond acceptors (Lipinski definition) is 4. The van der Waals surface area contributed by atoms with Crippen LogP contribution in [0, 0.1) is 5.92 Å². The number of anilines is 1. The molecule has 0 aliphatic carbocycles. The van der Waals surface area contributed by atoms with Crippen LogP contribution < -0.4 is 10.6 Å². The number of aromatic nitrogens is 2. The first-order chi connectivity index (χ1) is 7.58. The summed E-state index contributed by atoms with van der Waals surface area (Å²) in [5.74, 6) is -0.782. The molecule has 6 nitrogen and oxygen atoms in total. The number of amides is 2. The molecule has 1 fully saturated rings. The van der Waals surface area contributed by atoms with Crippen LogP contribution in [-0.4, -0.2) is 28.3 Å². The number of primary amides is 1. The predicted molar refractivity (Wildman–Crippen MR) is 59.4 cm³/mol. The second-order valence-electron chi connectivity index (χ2n) is 3.51. The average Bonchev–Trinajstić information content (AvgIpc) is 2.62. The molecule has 0 spiro atoms. The third-order valence-corrected chi connectivity index (χ3v) is 2.79. The van der Waals surface area contributed by atoms with E-state index in [9.17, 15) is 9.59 Å². The Labute approximate surface area is 100.0 Å². The summed E-state index contributed by atoms with van der Waals surface area (Å²) in [6, 6.07) is 0. The Balaban J connectivity index is 2.20. The molecule has 0 radical (unpaired) electrons. The standard InChI is InChI=1S/C9H9BrN4O2/c10-6-2-12-9(13-3-6)14-4-5(8(11)16)1-7(14)15/h2-3,5H,1,4H2,(H2,11,16). The Morgan fingerprint density at radius 2 is 2.12 bits per heavy atom. The SMILES string of the molecule is NC(=O)C1CC(=O)N(c2ncc(Br)cn2)C1. The zero-order valence-corrected chi connectivity index (χ0v) is 9.85. The topological polar surface area (TPSA) is 89.2 Å². The van der Waals surface area contributed by atoms with Gasteiger partial charge in [0.25, 0.3) is 0 Å². The monoisotopic (exact) mass is 284 g/mol. The van der Waals surface area contributed by atoms with Crippen LogP contribution in [0.15, 0.2) is 16.9 Å². The summed E-state index contributed by atoms with van der Waals surface area (Å²) in [7, 11) is 0. The van der Waals surface area contributed by atoms with Crippen molar-refractivity contribution in [1.29, 1.82) is 0 Å².